The van der Waals surface area contributed by atoms with Gasteiger partial charge < -0.3 is 0 Å². The molecule has 5 heteroatoms. The molecule has 1 aromatic carbocycles. The van der Waals surface area contributed by atoms with E-state index in [1.54, 1.807) is 11.9 Å². The van der Waals surface area contributed by atoms with Crippen molar-refractivity contribution in [2.75, 3.05) is 13.1 Å². The molecule has 120 valence electrons. The highest BCUT2D eigenvalue weighted by atomic mass is 32.2. The average Bonchev–Trinajstić information content (AvgIpc) is 2.85. The van der Waals surface area contributed by atoms with Crippen molar-refractivity contribution in [2.45, 2.75) is 45.4 Å². The van der Waals surface area contributed by atoms with Gasteiger partial charge in [0.1, 0.15) is 0 Å². The maximum atomic E-state index is 4.68. The molecule has 1 atom stereocenters. The topological polar surface area (TPSA) is 40.0 Å². The lowest BCUT2D eigenvalue weighted by Crippen LogP contribution is -2.34. The van der Waals surface area contributed by atoms with Crippen LogP contribution in [0.3, 0.4) is 0 Å². The van der Waals surface area contributed by atoms with Crippen molar-refractivity contribution in [1.29, 1.82) is 0 Å². The average molecular weight is 318 g/mol. The van der Waals surface area contributed by atoms with Gasteiger partial charge in [0.05, 0.1) is 6.54 Å². The minimum absolute atomic E-state index is 0.554. The third kappa shape index (κ3) is 4.50. The first kappa shape index (κ1) is 16.9. The van der Waals surface area contributed by atoms with E-state index in [4.69, 9.17) is 0 Å². The smallest absolute Gasteiger partial charge is 0.225 e. The Bertz CT molecular complexity index is 553. The lowest BCUT2D eigenvalue weighted by Gasteiger charge is -2.18. The number of hydrogen-bond acceptors (Lipinski definition) is 3. The minimum atomic E-state index is 0.554. The van der Waals surface area contributed by atoms with Gasteiger partial charge in [-0.05, 0) is 56.8 Å². The molecule has 1 aliphatic heterocycles. The molecule has 0 aromatic heterocycles. The molecule has 0 amide bonds. The Hall–Kier alpha value is -1.49. The summed E-state index contributed by atoms with van der Waals surface area (Å²) in [6, 6.07) is 8.45. The molecule has 0 fully saturated rings. The Morgan fingerprint density at radius 1 is 1.41 bits per heavy atom. The van der Waals surface area contributed by atoms with Crippen molar-refractivity contribution in [3.8, 4) is 0 Å². The zero-order valence-electron chi connectivity index (χ0n) is 14.0. The summed E-state index contributed by atoms with van der Waals surface area (Å²) in [5.74, 6) is 1.41. The first-order chi connectivity index (χ1) is 10.6. The van der Waals surface area contributed by atoms with Gasteiger partial charge in [0, 0.05) is 23.1 Å². The molecule has 22 heavy (non-hydrogen) atoms. The van der Waals surface area contributed by atoms with Crippen LogP contribution in [0.5, 0.6) is 0 Å². The molecule has 0 saturated carbocycles. The van der Waals surface area contributed by atoms with Crippen LogP contribution in [0.2, 0.25) is 0 Å². The maximum absolute atomic E-state index is 4.68. The van der Waals surface area contributed by atoms with E-state index in [2.05, 4.69) is 66.8 Å². The molecular weight excluding hydrogens is 292 g/mol. The second kappa shape index (κ2) is 8.22. The van der Waals surface area contributed by atoms with Gasteiger partial charge in [-0.3, -0.25) is 9.71 Å². The fourth-order valence-corrected chi connectivity index (χ4v) is 3.31. The monoisotopic (exact) mass is 318 g/mol. The van der Waals surface area contributed by atoms with Crippen LogP contribution in [-0.2, 0) is 0 Å². The van der Waals surface area contributed by atoms with Crippen molar-refractivity contribution >= 4 is 23.6 Å². The number of guanidine groups is 1. The Labute approximate surface area is 138 Å². The number of hydrazone groups is 1. The van der Waals surface area contributed by atoms with Gasteiger partial charge >= 0.3 is 0 Å². The molecule has 0 saturated heterocycles. The van der Waals surface area contributed by atoms with Crippen molar-refractivity contribution in [1.82, 2.24) is 9.73 Å². The highest BCUT2D eigenvalue weighted by molar-refractivity contribution is 7.98. The highest BCUT2D eigenvalue weighted by Gasteiger charge is 2.25. The van der Waals surface area contributed by atoms with Gasteiger partial charge in [-0.1, -0.05) is 25.5 Å². The van der Waals surface area contributed by atoms with Crippen LogP contribution in [0.4, 0.5) is 0 Å². The molecule has 0 spiro atoms. The molecule has 4 nitrogen and oxygen atoms in total. The van der Waals surface area contributed by atoms with Crippen LogP contribution in [0, 0.1) is 12.8 Å². The molecule has 1 heterocycles. The zero-order valence-corrected chi connectivity index (χ0v) is 14.8. The van der Waals surface area contributed by atoms with Crippen LogP contribution < -0.4 is 4.72 Å². The molecule has 1 aromatic rings. The van der Waals surface area contributed by atoms with Crippen molar-refractivity contribution < 1.29 is 0 Å². The zero-order chi connectivity index (χ0) is 15.9. The SMILES string of the molecule is CCCC1CN(C(=NCC)NSc2cccc(C)c2)N=C1C. The minimum Gasteiger partial charge on any atom is -0.295 e. The first-order valence-electron chi connectivity index (χ1n) is 8.00. The second-order valence-electron chi connectivity index (χ2n) is 5.63. The maximum Gasteiger partial charge on any atom is 0.225 e. The molecule has 0 radical (unpaired) electrons. The highest BCUT2D eigenvalue weighted by Crippen LogP contribution is 2.21. The van der Waals surface area contributed by atoms with Crippen LogP contribution >= 0.6 is 11.9 Å². The quantitative estimate of drug-likeness (QED) is 0.505. The lowest BCUT2D eigenvalue weighted by molar-refractivity contribution is 0.424. The van der Waals surface area contributed by atoms with E-state index in [-0.39, 0.29) is 0 Å². The Morgan fingerprint density at radius 3 is 2.91 bits per heavy atom. The van der Waals surface area contributed by atoms with Gasteiger partial charge in [-0.15, -0.1) is 0 Å². The fraction of sp³-hybridized carbons (Fsp3) is 0.529. The first-order valence-corrected chi connectivity index (χ1v) is 8.82. The molecule has 0 aliphatic carbocycles. The molecular formula is C17H26N4S. The van der Waals surface area contributed by atoms with Gasteiger partial charge in [-0.25, -0.2) is 5.01 Å². The Morgan fingerprint density at radius 2 is 2.23 bits per heavy atom. The predicted octanol–water partition coefficient (Wildman–Crippen LogP) is 4.08. The largest absolute Gasteiger partial charge is 0.295 e. The van der Waals surface area contributed by atoms with Gasteiger partial charge in [-0.2, -0.15) is 5.10 Å². The summed E-state index contributed by atoms with van der Waals surface area (Å²) in [4.78, 5) is 5.76. The summed E-state index contributed by atoms with van der Waals surface area (Å²) in [5.41, 5.74) is 2.48. The van der Waals surface area contributed by atoms with E-state index < -0.39 is 0 Å². The van der Waals surface area contributed by atoms with Gasteiger partial charge in [0.25, 0.3) is 0 Å². The molecule has 2 rings (SSSR count). The summed E-state index contributed by atoms with van der Waals surface area (Å²) < 4.78 is 3.37. The van der Waals surface area contributed by atoms with Crippen molar-refractivity contribution in [3.05, 3.63) is 29.8 Å². The number of aliphatic imine (C=N–C) groups is 1. The van der Waals surface area contributed by atoms with E-state index in [9.17, 15) is 0 Å². The van der Waals surface area contributed by atoms with Gasteiger partial charge in [0.2, 0.25) is 5.96 Å². The predicted molar refractivity (Wildman–Crippen MR) is 96.4 cm³/mol. The fourth-order valence-electron chi connectivity index (χ4n) is 2.54. The van der Waals surface area contributed by atoms with E-state index >= 15 is 0 Å². The molecule has 1 aliphatic rings. The van der Waals surface area contributed by atoms with E-state index in [0.717, 1.165) is 19.0 Å². The summed E-state index contributed by atoms with van der Waals surface area (Å²) in [6.45, 7) is 10.2. The van der Waals surface area contributed by atoms with Crippen LogP contribution in [-0.4, -0.2) is 29.8 Å². The number of benzene rings is 1. The standard InChI is InChI=1S/C17H26N4S/c1-5-8-15-12-21(19-14(15)4)17(18-6-2)20-22-16-10-7-9-13(3)11-16/h7,9-11,15H,5-6,8,12H2,1-4H3,(H,18,20). The Kier molecular flexibility index (Phi) is 6.31. The van der Waals surface area contributed by atoms with E-state index in [1.807, 2.05) is 5.01 Å². The number of nitrogens with zero attached hydrogens (tertiary/aromatic N) is 3. The van der Waals surface area contributed by atoms with E-state index in [1.165, 1.54) is 29.0 Å². The van der Waals surface area contributed by atoms with Crippen molar-refractivity contribution in [2.24, 2.45) is 16.0 Å². The summed E-state index contributed by atoms with van der Waals surface area (Å²) >= 11 is 1.59. The number of nitrogens with one attached hydrogen (secondary N) is 1. The lowest BCUT2D eigenvalue weighted by atomic mass is 10.0. The van der Waals surface area contributed by atoms with Crippen molar-refractivity contribution in [3.63, 3.8) is 0 Å². The molecule has 1 N–H and O–H groups in total. The van der Waals surface area contributed by atoms with Crippen LogP contribution in [0.25, 0.3) is 0 Å². The third-order valence-electron chi connectivity index (χ3n) is 3.70. The third-order valence-corrected chi connectivity index (χ3v) is 4.48. The Balaban J connectivity index is 2.01. The summed E-state index contributed by atoms with van der Waals surface area (Å²) in [6.07, 6.45) is 2.38. The summed E-state index contributed by atoms with van der Waals surface area (Å²) in [5, 5.41) is 6.70. The van der Waals surface area contributed by atoms with E-state index in [0.29, 0.717) is 5.92 Å². The van der Waals surface area contributed by atoms with Gasteiger partial charge in [0.15, 0.2) is 0 Å². The molecule has 1 unspecified atom stereocenters. The normalized spacial score (nSPS) is 18.5. The van der Waals surface area contributed by atoms with Crippen LogP contribution in [0.1, 0.15) is 39.2 Å². The summed E-state index contributed by atoms with van der Waals surface area (Å²) in [7, 11) is 0. The number of aryl methyl sites for hydroxylation is 1. The number of rotatable bonds is 5. The number of hydrogen-bond donors (Lipinski definition) is 1. The molecule has 0 bridgehead atoms. The second-order valence-corrected chi connectivity index (χ2v) is 6.51. The van der Waals surface area contributed by atoms with Crippen LogP contribution in [0.15, 0.2) is 39.3 Å².